The zero-order chi connectivity index (χ0) is 20.5. The molecule has 0 N–H and O–H groups in total. The maximum Gasteiger partial charge on any atom is 0.313 e. The Balaban J connectivity index is 1.76. The number of methoxy groups -OCH3 is 1. The molecule has 0 amide bonds. The Labute approximate surface area is 174 Å². The maximum absolute atomic E-state index is 13.2. The highest BCUT2D eigenvalue weighted by atomic mass is 35.5. The fourth-order valence-electron chi connectivity index (χ4n) is 4.16. The summed E-state index contributed by atoms with van der Waals surface area (Å²) in [6, 6.07) is 12.3. The summed E-state index contributed by atoms with van der Waals surface area (Å²) < 4.78 is 16.6. The van der Waals surface area contributed by atoms with Crippen molar-refractivity contribution in [3.63, 3.8) is 0 Å². The number of esters is 1. The molecule has 0 saturated carbocycles. The molecule has 2 aromatic carbocycles. The Morgan fingerprint density at radius 3 is 2.62 bits per heavy atom. The van der Waals surface area contributed by atoms with E-state index in [1.54, 1.807) is 44.4 Å². The Morgan fingerprint density at radius 1 is 1.17 bits per heavy atom. The first-order valence-electron chi connectivity index (χ1n) is 9.52. The van der Waals surface area contributed by atoms with Crippen LogP contribution in [0.25, 0.3) is 0 Å². The van der Waals surface area contributed by atoms with E-state index in [9.17, 15) is 9.59 Å². The molecule has 1 aliphatic carbocycles. The molecule has 2 aromatic rings. The molecule has 0 saturated heterocycles. The summed E-state index contributed by atoms with van der Waals surface area (Å²) in [5, 5.41) is 0.561. The normalized spacial score (nSPS) is 22.0. The number of carbonyl (C=O) groups is 2. The summed E-state index contributed by atoms with van der Waals surface area (Å²) in [6.07, 6.45) is 1.75. The second kappa shape index (κ2) is 7.91. The number of benzene rings is 2. The van der Waals surface area contributed by atoms with Gasteiger partial charge in [-0.05, 0) is 49.4 Å². The Kier molecular flexibility index (Phi) is 5.33. The molecule has 1 aliphatic heterocycles. The molecule has 1 heterocycles. The average molecular weight is 413 g/mol. The average Bonchev–Trinajstić information content (AvgIpc) is 3.14. The van der Waals surface area contributed by atoms with E-state index in [4.69, 9.17) is 25.8 Å². The van der Waals surface area contributed by atoms with Crippen LogP contribution in [-0.2, 0) is 9.53 Å². The highest BCUT2D eigenvalue weighted by Crippen LogP contribution is 2.51. The molecule has 150 valence electrons. The van der Waals surface area contributed by atoms with Gasteiger partial charge in [0.05, 0.1) is 26.2 Å². The van der Waals surface area contributed by atoms with Crippen LogP contribution in [0.2, 0.25) is 5.02 Å². The van der Waals surface area contributed by atoms with Crippen LogP contribution in [0.15, 0.2) is 54.1 Å². The summed E-state index contributed by atoms with van der Waals surface area (Å²) in [6.45, 7) is 2.38. The van der Waals surface area contributed by atoms with Crippen molar-refractivity contribution in [2.24, 2.45) is 11.8 Å². The Bertz CT molecular complexity index is 979. The molecule has 2 aliphatic rings. The summed E-state index contributed by atoms with van der Waals surface area (Å²) in [4.78, 5) is 26.0. The van der Waals surface area contributed by atoms with Gasteiger partial charge < -0.3 is 14.2 Å². The number of carbonyl (C=O) groups excluding carboxylic acids is 2. The largest absolute Gasteiger partial charge is 0.497 e. The number of Topliss-reactive ketones (excluding diaryl/α,β-unsaturated/α-hetero) is 1. The molecule has 4 rings (SSSR count). The fraction of sp³-hybridized carbons (Fsp3) is 0.304. The van der Waals surface area contributed by atoms with E-state index in [1.165, 1.54) is 0 Å². The number of ketones is 1. The molecule has 29 heavy (non-hydrogen) atoms. The number of rotatable bonds is 5. The SMILES string of the molecule is CCOC(=O)[C@H]1C=C(C(=O)c2ccc(Cl)cc2)[C@@H]2COc3ccc(OC)cc3[C@H]12. The summed E-state index contributed by atoms with van der Waals surface area (Å²) in [5.74, 6) is -0.120. The molecule has 0 bridgehead atoms. The second-order valence-electron chi connectivity index (χ2n) is 7.08. The first kappa shape index (κ1) is 19.5. The van der Waals surface area contributed by atoms with Crippen LogP contribution in [0.1, 0.15) is 28.8 Å². The van der Waals surface area contributed by atoms with Crippen molar-refractivity contribution in [3.05, 3.63) is 70.3 Å². The van der Waals surface area contributed by atoms with E-state index in [-0.39, 0.29) is 30.2 Å². The quantitative estimate of drug-likeness (QED) is 0.536. The standard InChI is InChI=1S/C23H21ClO5/c1-3-28-23(26)18-11-16(22(25)13-4-6-14(24)7-5-13)19-12-29-20-9-8-15(27-2)10-17(20)21(18)19/h4-11,18-19,21H,3,12H2,1-2H3/t18-,19-,21+/m0/s1. The van der Waals surface area contributed by atoms with Crippen molar-refractivity contribution in [2.45, 2.75) is 12.8 Å². The molecule has 5 nitrogen and oxygen atoms in total. The lowest BCUT2D eigenvalue weighted by Crippen LogP contribution is -2.31. The molecular formula is C23H21ClO5. The third-order valence-electron chi connectivity index (χ3n) is 5.50. The van der Waals surface area contributed by atoms with E-state index in [2.05, 4.69) is 0 Å². The van der Waals surface area contributed by atoms with Crippen molar-refractivity contribution in [2.75, 3.05) is 20.3 Å². The first-order chi connectivity index (χ1) is 14.0. The Hall–Kier alpha value is -2.79. The molecule has 6 heteroatoms. The van der Waals surface area contributed by atoms with Crippen molar-refractivity contribution in [1.82, 2.24) is 0 Å². The lowest BCUT2D eigenvalue weighted by atomic mass is 9.78. The number of ether oxygens (including phenoxy) is 3. The van der Waals surface area contributed by atoms with E-state index in [0.29, 0.717) is 34.3 Å². The molecule has 3 atom stereocenters. The van der Waals surface area contributed by atoms with Gasteiger partial charge in [-0.1, -0.05) is 17.7 Å². The van der Waals surface area contributed by atoms with Crippen molar-refractivity contribution in [1.29, 1.82) is 0 Å². The van der Waals surface area contributed by atoms with Crippen LogP contribution in [0, 0.1) is 11.8 Å². The zero-order valence-electron chi connectivity index (χ0n) is 16.2. The maximum atomic E-state index is 13.2. The van der Waals surface area contributed by atoms with Gasteiger partial charge in [0.1, 0.15) is 11.5 Å². The van der Waals surface area contributed by atoms with Crippen LogP contribution in [0.4, 0.5) is 0 Å². The van der Waals surface area contributed by atoms with Gasteiger partial charge in [-0.25, -0.2) is 0 Å². The van der Waals surface area contributed by atoms with Gasteiger partial charge in [0.25, 0.3) is 0 Å². The molecule has 0 fully saturated rings. The summed E-state index contributed by atoms with van der Waals surface area (Å²) >= 11 is 5.95. The number of hydrogen-bond acceptors (Lipinski definition) is 5. The summed E-state index contributed by atoms with van der Waals surface area (Å²) in [5.41, 5.74) is 1.96. The monoisotopic (exact) mass is 412 g/mol. The zero-order valence-corrected chi connectivity index (χ0v) is 16.9. The minimum absolute atomic E-state index is 0.126. The van der Waals surface area contributed by atoms with Crippen molar-refractivity contribution >= 4 is 23.4 Å². The third-order valence-corrected chi connectivity index (χ3v) is 5.75. The van der Waals surface area contributed by atoms with Crippen molar-refractivity contribution < 1.29 is 23.8 Å². The highest BCUT2D eigenvalue weighted by Gasteiger charge is 2.48. The van der Waals surface area contributed by atoms with Gasteiger partial charge in [-0.2, -0.15) is 0 Å². The molecule has 0 spiro atoms. The van der Waals surface area contributed by atoms with Gasteiger partial charge >= 0.3 is 5.97 Å². The van der Waals surface area contributed by atoms with E-state index in [0.717, 1.165) is 5.56 Å². The lowest BCUT2D eigenvalue weighted by molar-refractivity contribution is -0.147. The topological polar surface area (TPSA) is 61.8 Å². The van der Waals surface area contributed by atoms with E-state index < -0.39 is 5.92 Å². The predicted molar refractivity (Wildman–Crippen MR) is 109 cm³/mol. The molecule has 0 aromatic heterocycles. The van der Waals surface area contributed by atoms with Gasteiger partial charge in [-0.15, -0.1) is 0 Å². The number of hydrogen-bond donors (Lipinski definition) is 0. The van der Waals surface area contributed by atoms with Gasteiger partial charge in [0.2, 0.25) is 0 Å². The Morgan fingerprint density at radius 2 is 1.93 bits per heavy atom. The minimum atomic E-state index is -0.555. The number of fused-ring (bicyclic) bond motifs is 3. The highest BCUT2D eigenvalue weighted by molar-refractivity contribution is 6.30. The van der Waals surface area contributed by atoms with Crippen LogP contribution in [0.5, 0.6) is 11.5 Å². The van der Waals surface area contributed by atoms with Crippen LogP contribution in [0.3, 0.4) is 0 Å². The smallest absolute Gasteiger partial charge is 0.313 e. The molecule has 0 unspecified atom stereocenters. The fourth-order valence-corrected chi connectivity index (χ4v) is 4.28. The third kappa shape index (κ3) is 3.51. The van der Waals surface area contributed by atoms with Gasteiger partial charge in [0.15, 0.2) is 5.78 Å². The van der Waals surface area contributed by atoms with Gasteiger partial charge in [0, 0.05) is 33.6 Å². The van der Waals surface area contributed by atoms with Crippen LogP contribution >= 0.6 is 11.6 Å². The van der Waals surface area contributed by atoms with Gasteiger partial charge in [-0.3, -0.25) is 9.59 Å². The van der Waals surface area contributed by atoms with E-state index >= 15 is 0 Å². The second-order valence-corrected chi connectivity index (χ2v) is 7.52. The first-order valence-corrected chi connectivity index (χ1v) is 9.90. The minimum Gasteiger partial charge on any atom is -0.497 e. The summed E-state index contributed by atoms with van der Waals surface area (Å²) in [7, 11) is 1.59. The van der Waals surface area contributed by atoms with Crippen molar-refractivity contribution in [3.8, 4) is 11.5 Å². The van der Waals surface area contributed by atoms with Crippen LogP contribution < -0.4 is 9.47 Å². The van der Waals surface area contributed by atoms with E-state index in [1.807, 2.05) is 18.2 Å². The van der Waals surface area contributed by atoms with Crippen LogP contribution in [-0.4, -0.2) is 32.1 Å². The molecular weight excluding hydrogens is 392 g/mol. The lowest BCUT2D eigenvalue weighted by Gasteiger charge is -2.32. The predicted octanol–water partition coefficient (Wildman–Crippen LogP) is 4.44. The number of halogens is 1. The molecule has 0 radical (unpaired) electrons.